The van der Waals surface area contributed by atoms with Crippen LogP contribution in [0.15, 0.2) is 42.5 Å². The van der Waals surface area contributed by atoms with E-state index < -0.39 is 0 Å². The smallest absolute Gasteiger partial charge is 0.231 e. The zero-order chi connectivity index (χ0) is 15.8. The Morgan fingerprint density at radius 1 is 1.13 bits per heavy atom. The van der Waals surface area contributed by atoms with Crippen LogP contribution in [0.1, 0.15) is 11.3 Å². The highest BCUT2D eigenvalue weighted by Crippen LogP contribution is 2.35. The molecule has 6 nitrogen and oxygen atoms in total. The van der Waals surface area contributed by atoms with Gasteiger partial charge in [0.15, 0.2) is 11.5 Å². The van der Waals surface area contributed by atoms with Gasteiger partial charge in [-0.2, -0.15) is 0 Å². The topological polar surface area (TPSA) is 75.2 Å². The van der Waals surface area contributed by atoms with Crippen molar-refractivity contribution in [2.75, 3.05) is 6.79 Å². The highest BCUT2D eigenvalue weighted by molar-refractivity contribution is 5.68. The largest absolute Gasteiger partial charge is 0.454 e. The van der Waals surface area contributed by atoms with E-state index in [4.69, 9.17) is 15.2 Å². The molecule has 0 atom stereocenters. The standard InChI is InChI=1S/C17H16N4O2/c1-11-4-2-3-5-13(11)17-14(9-18)19-20-21(17)12-6-7-15-16(8-12)23-10-22-15/h2-8H,9-10,18H2,1H3. The van der Waals surface area contributed by atoms with E-state index in [0.29, 0.717) is 12.3 Å². The van der Waals surface area contributed by atoms with Crippen molar-refractivity contribution >= 4 is 0 Å². The fourth-order valence-corrected chi connectivity index (χ4v) is 2.76. The Kier molecular flexibility index (Phi) is 3.24. The lowest BCUT2D eigenvalue weighted by atomic mass is 10.0. The van der Waals surface area contributed by atoms with Crippen LogP contribution in [0.5, 0.6) is 11.5 Å². The molecule has 23 heavy (non-hydrogen) atoms. The maximum atomic E-state index is 5.86. The summed E-state index contributed by atoms with van der Waals surface area (Å²) in [6, 6.07) is 13.8. The minimum absolute atomic E-state index is 0.245. The molecule has 0 radical (unpaired) electrons. The zero-order valence-corrected chi connectivity index (χ0v) is 12.7. The predicted molar refractivity (Wildman–Crippen MR) is 85.5 cm³/mol. The average molecular weight is 308 g/mol. The summed E-state index contributed by atoms with van der Waals surface area (Å²) in [4.78, 5) is 0. The van der Waals surface area contributed by atoms with Crippen LogP contribution in [0.4, 0.5) is 0 Å². The van der Waals surface area contributed by atoms with Crippen LogP contribution in [0.25, 0.3) is 16.9 Å². The molecule has 0 saturated heterocycles. The molecule has 1 aliphatic heterocycles. The summed E-state index contributed by atoms with van der Waals surface area (Å²) < 4.78 is 12.6. The molecule has 0 saturated carbocycles. The second-order valence-corrected chi connectivity index (χ2v) is 5.35. The van der Waals surface area contributed by atoms with Crippen LogP contribution in [0, 0.1) is 6.92 Å². The number of nitrogens with two attached hydrogens (primary N) is 1. The lowest BCUT2D eigenvalue weighted by Gasteiger charge is -2.10. The molecule has 3 aromatic rings. The number of benzene rings is 2. The van der Waals surface area contributed by atoms with E-state index in [2.05, 4.69) is 29.4 Å². The van der Waals surface area contributed by atoms with Crippen molar-refractivity contribution in [3.63, 3.8) is 0 Å². The molecule has 2 N–H and O–H groups in total. The maximum absolute atomic E-state index is 5.86. The van der Waals surface area contributed by atoms with E-state index in [-0.39, 0.29) is 6.79 Å². The number of ether oxygens (including phenoxy) is 2. The molecule has 2 aromatic carbocycles. The second-order valence-electron chi connectivity index (χ2n) is 5.35. The molecule has 1 aromatic heterocycles. The van der Waals surface area contributed by atoms with Gasteiger partial charge in [-0.05, 0) is 24.6 Å². The molecular weight excluding hydrogens is 292 g/mol. The van der Waals surface area contributed by atoms with Crippen molar-refractivity contribution in [2.45, 2.75) is 13.5 Å². The number of hydrogen-bond acceptors (Lipinski definition) is 5. The Balaban J connectivity index is 1.90. The van der Waals surface area contributed by atoms with Crippen molar-refractivity contribution in [2.24, 2.45) is 5.73 Å². The molecule has 2 heterocycles. The normalized spacial score (nSPS) is 12.6. The number of fused-ring (bicyclic) bond motifs is 1. The third-order valence-electron chi connectivity index (χ3n) is 3.93. The lowest BCUT2D eigenvalue weighted by molar-refractivity contribution is 0.174. The maximum Gasteiger partial charge on any atom is 0.231 e. The van der Waals surface area contributed by atoms with Gasteiger partial charge in [0.05, 0.1) is 11.4 Å². The van der Waals surface area contributed by atoms with Gasteiger partial charge in [0.25, 0.3) is 0 Å². The number of hydrogen-bond donors (Lipinski definition) is 1. The van der Waals surface area contributed by atoms with Gasteiger partial charge in [0.1, 0.15) is 5.69 Å². The zero-order valence-electron chi connectivity index (χ0n) is 12.7. The summed E-state index contributed by atoms with van der Waals surface area (Å²) in [5.41, 5.74) is 10.6. The molecule has 0 bridgehead atoms. The highest BCUT2D eigenvalue weighted by atomic mass is 16.7. The van der Waals surface area contributed by atoms with Gasteiger partial charge in [0.2, 0.25) is 6.79 Å². The molecule has 0 spiro atoms. The Morgan fingerprint density at radius 2 is 1.96 bits per heavy atom. The van der Waals surface area contributed by atoms with Crippen molar-refractivity contribution < 1.29 is 9.47 Å². The summed E-state index contributed by atoms with van der Waals surface area (Å²) in [5, 5.41) is 8.53. The van der Waals surface area contributed by atoms with Gasteiger partial charge in [0, 0.05) is 18.2 Å². The third-order valence-corrected chi connectivity index (χ3v) is 3.93. The van der Waals surface area contributed by atoms with Crippen molar-refractivity contribution in [1.29, 1.82) is 0 Å². The van der Waals surface area contributed by atoms with E-state index in [1.54, 1.807) is 4.68 Å². The molecule has 0 fully saturated rings. The van der Waals surface area contributed by atoms with Gasteiger partial charge >= 0.3 is 0 Å². The summed E-state index contributed by atoms with van der Waals surface area (Å²) in [6.45, 7) is 2.63. The molecule has 4 rings (SSSR count). The molecular formula is C17H16N4O2. The average Bonchev–Trinajstić information content (AvgIpc) is 3.20. The highest BCUT2D eigenvalue weighted by Gasteiger charge is 2.19. The van der Waals surface area contributed by atoms with E-state index in [9.17, 15) is 0 Å². The Labute approximate surface area is 133 Å². The SMILES string of the molecule is Cc1ccccc1-c1c(CN)nnn1-c1ccc2c(c1)OCO2. The quantitative estimate of drug-likeness (QED) is 0.804. The first-order chi connectivity index (χ1) is 11.3. The molecule has 0 amide bonds. The van der Waals surface area contributed by atoms with Gasteiger partial charge in [-0.15, -0.1) is 5.10 Å². The number of aryl methyl sites for hydroxylation is 1. The monoisotopic (exact) mass is 308 g/mol. The first kappa shape index (κ1) is 13.8. The third kappa shape index (κ3) is 2.24. The van der Waals surface area contributed by atoms with E-state index in [1.165, 1.54) is 0 Å². The Morgan fingerprint density at radius 3 is 2.78 bits per heavy atom. The molecule has 0 aliphatic carbocycles. The van der Waals surface area contributed by atoms with Crippen LogP contribution in [0.3, 0.4) is 0 Å². The molecule has 1 aliphatic rings. The summed E-state index contributed by atoms with van der Waals surface area (Å²) in [7, 11) is 0. The Hall–Kier alpha value is -2.86. The number of rotatable bonds is 3. The van der Waals surface area contributed by atoms with Crippen molar-refractivity contribution in [3.8, 4) is 28.4 Å². The van der Waals surface area contributed by atoms with Crippen LogP contribution in [-0.2, 0) is 6.54 Å². The summed E-state index contributed by atoms with van der Waals surface area (Å²) >= 11 is 0. The minimum Gasteiger partial charge on any atom is -0.454 e. The lowest BCUT2D eigenvalue weighted by Crippen LogP contribution is -2.03. The molecule has 6 heteroatoms. The van der Waals surface area contributed by atoms with Crippen LogP contribution in [0.2, 0.25) is 0 Å². The Bertz CT molecular complexity index is 873. The van der Waals surface area contributed by atoms with Gasteiger partial charge in [-0.1, -0.05) is 29.5 Å². The van der Waals surface area contributed by atoms with Crippen LogP contribution < -0.4 is 15.2 Å². The minimum atomic E-state index is 0.245. The van der Waals surface area contributed by atoms with E-state index in [1.807, 2.05) is 30.3 Å². The first-order valence-corrected chi connectivity index (χ1v) is 7.38. The second kappa shape index (κ2) is 5.40. The van der Waals surface area contributed by atoms with Crippen molar-refractivity contribution in [3.05, 3.63) is 53.7 Å². The van der Waals surface area contributed by atoms with Gasteiger partial charge < -0.3 is 15.2 Å². The van der Waals surface area contributed by atoms with Gasteiger partial charge in [-0.25, -0.2) is 4.68 Å². The van der Waals surface area contributed by atoms with Crippen molar-refractivity contribution in [1.82, 2.24) is 15.0 Å². The predicted octanol–water partition coefficient (Wildman–Crippen LogP) is 2.43. The molecule has 0 unspecified atom stereocenters. The van der Waals surface area contributed by atoms with Crippen LogP contribution in [-0.4, -0.2) is 21.8 Å². The summed E-state index contributed by atoms with van der Waals surface area (Å²) in [6.07, 6.45) is 0. The fraction of sp³-hybridized carbons (Fsp3) is 0.176. The van der Waals surface area contributed by atoms with Gasteiger partial charge in [-0.3, -0.25) is 0 Å². The van der Waals surface area contributed by atoms with Crippen LogP contribution >= 0.6 is 0 Å². The number of aromatic nitrogens is 3. The number of nitrogens with zero attached hydrogens (tertiary/aromatic N) is 3. The fourth-order valence-electron chi connectivity index (χ4n) is 2.76. The van der Waals surface area contributed by atoms with E-state index in [0.717, 1.165) is 34.0 Å². The molecule has 116 valence electrons. The first-order valence-electron chi connectivity index (χ1n) is 7.38. The van der Waals surface area contributed by atoms with E-state index >= 15 is 0 Å². The summed E-state index contributed by atoms with van der Waals surface area (Å²) in [5.74, 6) is 1.45.